The number of carbonyl (C=O) groups is 1. The maximum absolute atomic E-state index is 12.8. The highest BCUT2D eigenvalue weighted by atomic mass is 16.2. The van der Waals surface area contributed by atoms with Crippen molar-refractivity contribution in [1.82, 2.24) is 30.2 Å². The molecule has 1 atom stereocenters. The molecule has 2 N–H and O–H groups in total. The van der Waals surface area contributed by atoms with Crippen molar-refractivity contribution < 1.29 is 4.79 Å². The summed E-state index contributed by atoms with van der Waals surface area (Å²) in [6, 6.07) is 10.2. The smallest absolute Gasteiger partial charge is 0.272 e. The number of carbonyl (C=O) groups excluding carboxylic acids is 1. The van der Waals surface area contributed by atoms with Gasteiger partial charge in [-0.2, -0.15) is 10.2 Å². The van der Waals surface area contributed by atoms with Gasteiger partial charge in [0.1, 0.15) is 0 Å². The van der Waals surface area contributed by atoms with E-state index in [9.17, 15) is 14.4 Å². The van der Waals surface area contributed by atoms with Crippen LogP contribution in [-0.4, -0.2) is 56.5 Å². The van der Waals surface area contributed by atoms with E-state index in [1.807, 2.05) is 0 Å². The Balaban J connectivity index is 1.42. The predicted molar refractivity (Wildman–Crippen MR) is 112 cm³/mol. The Hall–Kier alpha value is -3.33. The Bertz CT molecular complexity index is 1150. The summed E-state index contributed by atoms with van der Waals surface area (Å²) in [7, 11) is 0. The molecule has 0 bridgehead atoms. The fourth-order valence-corrected chi connectivity index (χ4v) is 3.95. The van der Waals surface area contributed by atoms with Crippen LogP contribution >= 0.6 is 0 Å². The van der Waals surface area contributed by atoms with Gasteiger partial charge in [0.2, 0.25) is 0 Å². The zero-order chi connectivity index (χ0) is 20.9. The topological polar surface area (TPSA) is 113 Å². The Morgan fingerprint density at radius 3 is 2.77 bits per heavy atom. The molecule has 1 aliphatic rings. The Labute approximate surface area is 172 Å². The fourth-order valence-electron chi connectivity index (χ4n) is 3.95. The molecule has 0 radical (unpaired) electrons. The second-order valence-corrected chi connectivity index (χ2v) is 7.43. The molecule has 1 saturated heterocycles. The van der Waals surface area contributed by atoms with Crippen molar-refractivity contribution in [2.45, 2.75) is 31.8 Å². The third-order valence-corrected chi connectivity index (χ3v) is 5.54. The maximum atomic E-state index is 12.8. The third kappa shape index (κ3) is 4.30. The van der Waals surface area contributed by atoms with Gasteiger partial charge in [-0.1, -0.05) is 24.6 Å². The van der Waals surface area contributed by atoms with Crippen LogP contribution in [-0.2, 0) is 6.54 Å². The lowest BCUT2D eigenvalue weighted by Gasteiger charge is -2.35. The van der Waals surface area contributed by atoms with E-state index in [2.05, 4.69) is 25.5 Å². The van der Waals surface area contributed by atoms with Crippen LogP contribution in [0.25, 0.3) is 10.8 Å². The molecular weight excluding hydrogens is 384 g/mol. The van der Waals surface area contributed by atoms with Crippen molar-refractivity contribution in [1.29, 1.82) is 0 Å². The molecule has 9 nitrogen and oxygen atoms in total. The first-order valence-corrected chi connectivity index (χ1v) is 10.2. The summed E-state index contributed by atoms with van der Waals surface area (Å²) in [5, 5.41) is 14.4. The third-order valence-electron chi connectivity index (χ3n) is 5.54. The van der Waals surface area contributed by atoms with Crippen molar-refractivity contribution in [2.75, 3.05) is 19.6 Å². The van der Waals surface area contributed by atoms with E-state index in [4.69, 9.17) is 0 Å². The van der Waals surface area contributed by atoms with Gasteiger partial charge >= 0.3 is 0 Å². The molecule has 3 heterocycles. The first kappa shape index (κ1) is 20.0. The zero-order valence-electron chi connectivity index (χ0n) is 16.6. The van der Waals surface area contributed by atoms with Gasteiger partial charge < -0.3 is 5.32 Å². The predicted octanol–water partition coefficient (Wildman–Crippen LogP) is 0.764. The number of hydrogen-bond acceptors (Lipinski definition) is 6. The number of nitrogens with zero attached hydrogens (tertiary/aromatic N) is 4. The summed E-state index contributed by atoms with van der Waals surface area (Å²) >= 11 is 0. The lowest BCUT2D eigenvalue weighted by atomic mass is 10.0. The minimum atomic E-state index is -0.314. The van der Waals surface area contributed by atoms with Crippen LogP contribution in [0.3, 0.4) is 0 Å². The van der Waals surface area contributed by atoms with E-state index < -0.39 is 0 Å². The molecule has 3 aromatic rings. The van der Waals surface area contributed by atoms with E-state index in [1.54, 1.807) is 36.5 Å². The molecule has 30 heavy (non-hydrogen) atoms. The highest BCUT2D eigenvalue weighted by Gasteiger charge is 2.23. The number of hydrogen-bond donors (Lipinski definition) is 2. The number of likely N-dealkylation sites (tertiary alicyclic amines) is 1. The van der Waals surface area contributed by atoms with Crippen LogP contribution in [0, 0.1) is 0 Å². The van der Waals surface area contributed by atoms with Gasteiger partial charge in [-0.05, 0) is 31.5 Å². The molecule has 1 amide bonds. The van der Waals surface area contributed by atoms with Crippen molar-refractivity contribution in [3.8, 4) is 0 Å². The number of benzene rings is 1. The summed E-state index contributed by atoms with van der Waals surface area (Å²) in [5.74, 6) is -0.311. The normalized spacial score (nSPS) is 17.1. The van der Waals surface area contributed by atoms with E-state index in [1.165, 1.54) is 10.7 Å². The molecule has 2 aromatic heterocycles. The number of fused-ring (bicyclic) bond motifs is 1. The van der Waals surface area contributed by atoms with Gasteiger partial charge in [-0.15, -0.1) is 0 Å². The average Bonchev–Trinajstić information content (AvgIpc) is 2.78. The molecule has 156 valence electrons. The number of aromatic amines is 1. The zero-order valence-corrected chi connectivity index (χ0v) is 16.6. The van der Waals surface area contributed by atoms with E-state index in [0.717, 1.165) is 25.8 Å². The quantitative estimate of drug-likeness (QED) is 0.623. The molecule has 1 unspecified atom stereocenters. The molecule has 4 rings (SSSR count). The lowest BCUT2D eigenvalue weighted by molar-refractivity contribution is 0.0905. The van der Waals surface area contributed by atoms with Gasteiger partial charge in [0.25, 0.3) is 17.0 Å². The van der Waals surface area contributed by atoms with E-state index in [-0.39, 0.29) is 28.8 Å². The molecule has 0 aliphatic carbocycles. The largest absolute Gasteiger partial charge is 0.349 e. The number of amides is 1. The van der Waals surface area contributed by atoms with Crippen LogP contribution < -0.4 is 16.4 Å². The number of piperidine rings is 1. The maximum Gasteiger partial charge on any atom is 0.272 e. The highest BCUT2D eigenvalue weighted by molar-refractivity contribution is 6.04. The molecular formula is C21H24N6O3. The number of H-pyrrole nitrogens is 1. The minimum absolute atomic E-state index is 0.115. The SMILES string of the molecule is O=C(NCC1CCCCN1CCn1ncccc1=O)c1n[nH]c(=O)c2ccccc12. The number of nitrogens with one attached hydrogen (secondary N) is 2. The second-order valence-electron chi connectivity index (χ2n) is 7.43. The van der Waals surface area contributed by atoms with Crippen LogP contribution in [0.1, 0.15) is 29.8 Å². The molecule has 0 saturated carbocycles. The van der Waals surface area contributed by atoms with Gasteiger partial charge in [0.15, 0.2) is 5.69 Å². The first-order valence-electron chi connectivity index (χ1n) is 10.2. The summed E-state index contributed by atoms with van der Waals surface area (Å²) in [4.78, 5) is 38.9. The van der Waals surface area contributed by atoms with E-state index >= 15 is 0 Å². The number of rotatable bonds is 6. The summed E-state index contributed by atoms with van der Waals surface area (Å²) in [5.41, 5.74) is -0.214. The van der Waals surface area contributed by atoms with E-state index in [0.29, 0.717) is 30.4 Å². The minimum Gasteiger partial charge on any atom is -0.349 e. The molecule has 1 aliphatic heterocycles. The van der Waals surface area contributed by atoms with Gasteiger partial charge in [-0.25, -0.2) is 9.78 Å². The Morgan fingerprint density at radius 2 is 1.93 bits per heavy atom. The highest BCUT2D eigenvalue weighted by Crippen LogP contribution is 2.17. The van der Waals surface area contributed by atoms with Crippen LogP contribution in [0.4, 0.5) is 0 Å². The molecule has 1 fully saturated rings. The van der Waals surface area contributed by atoms with Gasteiger partial charge in [0, 0.05) is 36.8 Å². The Kier molecular flexibility index (Phi) is 5.99. The fraction of sp³-hybridized carbons (Fsp3) is 0.381. The summed E-state index contributed by atoms with van der Waals surface area (Å²) in [6.45, 7) is 2.60. The van der Waals surface area contributed by atoms with Crippen LogP contribution in [0.5, 0.6) is 0 Å². The van der Waals surface area contributed by atoms with Crippen molar-refractivity contribution in [3.63, 3.8) is 0 Å². The molecule has 0 spiro atoms. The van der Waals surface area contributed by atoms with Crippen molar-refractivity contribution in [3.05, 3.63) is 69.0 Å². The van der Waals surface area contributed by atoms with Crippen molar-refractivity contribution in [2.24, 2.45) is 0 Å². The summed E-state index contributed by atoms with van der Waals surface area (Å²) in [6.07, 6.45) is 4.77. The van der Waals surface area contributed by atoms with Crippen LogP contribution in [0.15, 0.2) is 52.2 Å². The average molecular weight is 408 g/mol. The summed E-state index contributed by atoms with van der Waals surface area (Å²) < 4.78 is 1.46. The Morgan fingerprint density at radius 1 is 1.10 bits per heavy atom. The standard InChI is InChI=1S/C21H24N6O3/c28-18-9-5-10-23-27(18)13-12-26-11-4-3-6-15(26)14-22-21(30)19-16-7-1-2-8-17(16)20(29)25-24-19/h1-2,5,7-10,15H,3-4,6,11-14H2,(H,22,30)(H,25,29). The lowest BCUT2D eigenvalue weighted by Crippen LogP contribution is -2.48. The van der Waals surface area contributed by atoms with Gasteiger partial charge in [-0.3, -0.25) is 19.3 Å². The molecule has 1 aromatic carbocycles. The number of aromatic nitrogens is 4. The van der Waals surface area contributed by atoms with Crippen molar-refractivity contribution >= 4 is 16.7 Å². The molecule has 9 heteroatoms. The van der Waals surface area contributed by atoms with Crippen LogP contribution in [0.2, 0.25) is 0 Å². The first-order chi connectivity index (χ1) is 14.6. The monoisotopic (exact) mass is 408 g/mol. The van der Waals surface area contributed by atoms with Gasteiger partial charge in [0.05, 0.1) is 11.9 Å². The second kappa shape index (κ2) is 9.00.